The fourth-order valence-electron chi connectivity index (χ4n) is 1.79. The van der Waals surface area contributed by atoms with Gasteiger partial charge in [-0.2, -0.15) is 0 Å². The smallest absolute Gasteiger partial charge is 0.207 e. The minimum atomic E-state index is 0.343. The lowest BCUT2D eigenvalue weighted by Crippen LogP contribution is -1.95. The van der Waals surface area contributed by atoms with Gasteiger partial charge in [0.2, 0.25) is 4.47 Å². The van der Waals surface area contributed by atoms with Crippen LogP contribution in [0.3, 0.4) is 0 Å². The maximum absolute atomic E-state index is 6.16. The molecule has 0 saturated carbocycles. The average Bonchev–Trinajstić information content (AvgIpc) is 2.84. The average molecular weight is 311 g/mol. The zero-order valence-corrected chi connectivity index (χ0v) is 12.0. The minimum absolute atomic E-state index is 0.343. The first-order chi connectivity index (χ1) is 9.24. The Balaban J connectivity index is 1.91. The Morgan fingerprint density at radius 3 is 2.53 bits per heavy atom. The van der Waals surface area contributed by atoms with Crippen LogP contribution in [-0.2, 0) is 6.61 Å². The molecule has 0 aliphatic carbocycles. The van der Waals surface area contributed by atoms with Gasteiger partial charge in [0, 0.05) is 15.8 Å². The summed E-state index contributed by atoms with van der Waals surface area (Å²) in [6.45, 7) is 0.343. The van der Waals surface area contributed by atoms with E-state index < -0.39 is 0 Å². The predicted molar refractivity (Wildman–Crippen MR) is 78.2 cm³/mol. The molecule has 3 nitrogen and oxygen atoms in total. The van der Waals surface area contributed by atoms with E-state index in [4.69, 9.17) is 27.9 Å². The van der Waals surface area contributed by atoms with Gasteiger partial charge in [-0.3, -0.25) is 0 Å². The van der Waals surface area contributed by atoms with Crippen LogP contribution < -0.4 is 4.74 Å². The Morgan fingerprint density at radius 2 is 1.79 bits per heavy atom. The highest BCUT2D eigenvalue weighted by Crippen LogP contribution is 2.31. The Labute approximate surface area is 123 Å². The lowest BCUT2D eigenvalue weighted by atomic mass is 10.1. The molecule has 0 saturated heterocycles. The zero-order chi connectivity index (χ0) is 13.2. The lowest BCUT2D eigenvalue weighted by Gasteiger charge is -2.08. The second-order valence-corrected chi connectivity index (χ2v) is 5.88. The normalized spacial score (nSPS) is 10.8. The predicted octanol–water partition coefficient (Wildman–Crippen LogP) is 4.58. The number of hydrogen-bond acceptors (Lipinski definition) is 4. The van der Waals surface area contributed by atoms with Crippen LogP contribution in [0.15, 0.2) is 36.4 Å². The Morgan fingerprint density at radius 1 is 1.00 bits per heavy atom. The maximum atomic E-state index is 6.16. The quantitative estimate of drug-likeness (QED) is 0.710. The van der Waals surface area contributed by atoms with Crippen molar-refractivity contribution in [3.05, 3.63) is 50.9 Å². The van der Waals surface area contributed by atoms with Crippen LogP contribution in [0.5, 0.6) is 5.75 Å². The van der Waals surface area contributed by atoms with Crippen molar-refractivity contribution in [3.8, 4) is 5.75 Å². The van der Waals surface area contributed by atoms with Gasteiger partial charge in [0.25, 0.3) is 0 Å². The number of nitrogens with zero attached hydrogens (tertiary/aromatic N) is 2. The molecule has 3 rings (SSSR count). The third-order valence-electron chi connectivity index (χ3n) is 2.62. The van der Waals surface area contributed by atoms with E-state index in [1.165, 1.54) is 11.3 Å². The molecule has 0 unspecified atom stereocenters. The first kappa shape index (κ1) is 12.7. The lowest BCUT2D eigenvalue weighted by molar-refractivity contribution is 0.308. The second-order valence-electron chi connectivity index (χ2n) is 3.83. The molecule has 0 amide bonds. The summed E-state index contributed by atoms with van der Waals surface area (Å²) in [6.07, 6.45) is 0. The summed E-state index contributed by atoms with van der Waals surface area (Å²) in [7, 11) is 0. The van der Waals surface area contributed by atoms with E-state index in [9.17, 15) is 0 Å². The molecule has 3 aromatic rings. The molecule has 0 spiro atoms. The molecule has 1 aromatic heterocycles. The van der Waals surface area contributed by atoms with E-state index in [-0.39, 0.29) is 0 Å². The molecule has 0 aliphatic heterocycles. The molecule has 0 fully saturated rings. The first-order valence-corrected chi connectivity index (χ1v) is 7.09. The van der Waals surface area contributed by atoms with Crippen LogP contribution in [0, 0.1) is 0 Å². The Kier molecular flexibility index (Phi) is 3.55. The van der Waals surface area contributed by atoms with Gasteiger partial charge in [-0.05, 0) is 23.7 Å². The van der Waals surface area contributed by atoms with Crippen LogP contribution >= 0.6 is 34.5 Å². The molecule has 2 aromatic carbocycles. The number of ether oxygens (including phenoxy) is 1. The summed E-state index contributed by atoms with van der Waals surface area (Å²) < 4.78 is 6.18. The van der Waals surface area contributed by atoms with Crippen LogP contribution in [0.25, 0.3) is 10.8 Å². The number of halogens is 2. The van der Waals surface area contributed by atoms with E-state index in [1.807, 2.05) is 36.4 Å². The zero-order valence-electron chi connectivity index (χ0n) is 9.64. The monoisotopic (exact) mass is 310 g/mol. The van der Waals surface area contributed by atoms with Gasteiger partial charge in [-0.15, -0.1) is 10.2 Å². The van der Waals surface area contributed by atoms with Gasteiger partial charge in [0.05, 0.1) is 0 Å². The SMILES string of the molecule is Clc1nnc(COc2ccc(Cl)c3ccccc23)s1. The third kappa shape index (κ3) is 2.66. The largest absolute Gasteiger partial charge is 0.486 e. The summed E-state index contributed by atoms with van der Waals surface area (Å²) in [6, 6.07) is 11.5. The molecule has 0 radical (unpaired) electrons. The summed E-state index contributed by atoms with van der Waals surface area (Å²) in [4.78, 5) is 0. The van der Waals surface area contributed by atoms with Crippen molar-refractivity contribution in [2.45, 2.75) is 6.61 Å². The van der Waals surface area contributed by atoms with Gasteiger partial charge in [-0.25, -0.2) is 0 Å². The molecular weight excluding hydrogens is 303 g/mol. The van der Waals surface area contributed by atoms with Crippen molar-refractivity contribution in [1.29, 1.82) is 0 Å². The van der Waals surface area contributed by atoms with Crippen molar-refractivity contribution >= 4 is 45.3 Å². The van der Waals surface area contributed by atoms with Crippen molar-refractivity contribution < 1.29 is 4.74 Å². The van der Waals surface area contributed by atoms with Crippen LogP contribution in [-0.4, -0.2) is 10.2 Å². The minimum Gasteiger partial charge on any atom is -0.486 e. The summed E-state index contributed by atoms with van der Waals surface area (Å²) in [5, 5.41) is 11.0. The van der Waals surface area contributed by atoms with Gasteiger partial charge < -0.3 is 4.74 Å². The third-order valence-corrected chi connectivity index (χ3v) is 3.95. The van der Waals surface area contributed by atoms with Crippen LogP contribution in [0.1, 0.15) is 5.01 Å². The summed E-state index contributed by atoms with van der Waals surface area (Å²) >= 11 is 13.2. The molecule has 0 bridgehead atoms. The fraction of sp³-hybridized carbons (Fsp3) is 0.0769. The maximum Gasteiger partial charge on any atom is 0.207 e. The van der Waals surface area contributed by atoms with Gasteiger partial charge in [0.15, 0.2) is 5.01 Å². The molecule has 19 heavy (non-hydrogen) atoms. The van der Waals surface area contributed by atoms with E-state index in [2.05, 4.69) is 10.2 Å². The molecule has 0 aliphatic rings. The van der Waals surface area contributed by atoms with Crippen LogP contribution in [0.2, 0.25) is 9.49 Å². The molecule has 1 heterocycles. The van der Waals surface area contributed by atoms with Crippen LogP contribution in [0.4, 0.5) is 0 Å². The first-order valence-electron chi connectivity index (χ1n) is 5.52. The Bertz CT molecular complexity index is 729. The number of fused-ring (bicyclic) bond motifs is 1. The number of benzene rings is 2. The van der Waals surface area contributed by atoms with Gasteiger partial charge in [-0.1, -0.05) is 47.2 Å². The topological polar surface area (TPSA) is 35.0 Å². The molecule has 0 N–H and O–H groups in total. The van der Waals surface area contributed by atoms with E-state index >= 15 is 0 Å². The molecule has 0 atom stereocenters. The highest BCUT2D eigenvalue weighted by atomic mass is 35.5. The number of hydrogen-bond donors (Lipinski definition) is 0. The summed E-state index contributed by atoms with van der Waals surface area (Å²) in [5.74, 6) is 0.770. The number of rotatable bonds is 3. The van der Waals surface area contributed by atoms with Crippen molar-refractivity contribution in [2.75, 3.05) is 0 Å². The van der Waals surface area contributed by atoms with Gasteiger partial charge in [0.1, 0.15) is 12.4 Å². The van der Waals surface area contributed by atoms with Crippen molar-refractivity contribution in [2.24, 2.45) is 0 Å². The molecular formula is C13H8Cl2N2OS. The van der Waals surface area contributed by atoms with Crippen molar-refractivity contribution in [3.63, 3.8) is 0 Å². The van der Waals surface area contributed by atoms with E-state index in [1.54, 1.807) is 0 Å². The van der Waals surface area contributed by atoms with Gasteiger partial charge >= 0.3 is 0 Å². The second kappa shape index (κ2) is 5.33. The Hall–Kier alpha value is -1.36. The summed E-state index contributed by atoms with van der Waals surface area (Å²) in [5.41, 5.74) is 0. The van der Waals surface area contributed by atoms with E-state index in [0.717, 1.165) is 21.5 Å². The highest BCUT2D eigenvalue weighted by molar-refractivity contribution is 7.15. The highest BCUT2D eigenvalue weighted by Gasteiger charge is 2.07. The standard InChI is InChI=1S/C13H8Cl2N2OS/c14-10-5-6-11(9-4-2-1-3-8(9)10)18-7-12-16-17-13(15)19-12/h1-6H,7H2. The van der Waals surface area contributed by atoms with E-state index in [0.29, 0.717) is 16.1 Å². The molecule has 96 valence electrons. The van der Waals surface area contributed by atoms with Crippen molar-refractivity contribution in [1.82, 2.24) is 10.2 Å². The number of aromatic nitrogens is 2. The molecule has 6 heteroatoms. The fourth-order valence-corrected chi connectivity index (χ4v) is 2.80.